The van der Waals surface area contributed by atoms with E-state index in [4.69, 9.17) is 20.8 Å². The molecule has 2 unspecified atom stereocenters. The predicted molar refractivity (Wildman–Crippen MR) is 88.0 cm³/mol. The average Bonchev–Trinajstić information content (AvgIpc) is 2.87. The molecule has 21 heavy (non-hydrogen) atoms. The summed E-state index contributed by atoms with van der Waals surface area (Å²) < 4.78 is 11.9. The second-order valence-corrected chi connectivity index (χ2v) is 5.59. The van der Waals surface area contributed by atoms with Crippen molar-refractivity contribution in [3.8, 4) is 0 Å². The highest BCUT2D eigenvalue weighted by Gasteiger charge is 2.25. The number of halogens is 1. The highest BCUT2D eigenvalue weighted by atomic mass is 35.5. The zero-order chi connectivity index (χ0) is 15.2. The zero-order valence-electron chi connectivity index (χ0n) is 13.0. The molecule has 1 aromatic carbocycles. The van der Waals surface area contributed by atoms with Gasteiger partial charge in [-0.2, -0.15) is 0 Å². The summed E-state index contributed by atoms with van der Waals surface area (Å²) in [5.74, 6) is 0.918. The summed E-state index contributed by atoms with van der Waals surface area (Å²) in [5.41, 5.74) is 0.865. The van der Waals surface area contributed by atoms with E-state index in [1.165, 1.54) is 0 Å². The van der Waals surface area contributed by atoms with Crippen molar-refractivity contribution in [2.75, 3.05) is 13.2 Å². The van der Waals surface area contributed by atoms with Gasteiger partial charge in [0.15, 0.2) is 0 Å². The van der Waals surface area contributed by atoms with Crippen LogP contribution in [-0.4, -0.2) is 19.3 Å². The first kappa shape index (κ1) is 16.3. The molecule has 0 saturated carbocycles. The van der Waals surface area contributed by atoms with Gasteiger partial charge < -0.3 is 14.5 Å². The SMILES string of the molecule is CCCC(OCC)C(NCC)c1cc2cc(Cl)ccc2o1. The van der Waals surface area contributed by atoms with Crippen LogP contribution in [0.2, 0.25) is 5.02 Å². The van der Waals surface area contributed by atoms with Gasteiger partial charge in [-0.3, -0.25) is 0 Å². The molecule has 0 amide bonds. The second kappa shape index (κ2) is 7.83. The van der Waals surface area contributed by atoms with Gasteiger partial charge in [0.25, 0.3) is 0 Å². The van der Waals surface area contributed by atoms with E-state index in [1.807, 2.05) is 25.1 Å². The van der Waals surface area contributed by atoms with E-state index in [9.17, 15) is 0 Å². The third-order valence-corrected chi connectivity index (χ3v) is 3.79. The topological polar surface area (TPSA) is 34.4 Å². The lowest BCUT2D eigenvalue weighted by atomic mass is 10.0. The maximum absolute atomic E-state index is 6.05. The predicted octanol–water partition coefficient (Wildman–Crippen LogP) is 4.94. The molecule has 1 aromatic heterocycles. The van der Waals surface area contributed by atoms with Crippen LogP contribution in [-0.2, 0) is 4.74 Å². The number of rotatable bonds is 8. The Balaban J connectivity index is 2.33. The minimum atomic E-state index is 0.0704. The Kier molecular flexibility index (Phi) is 6.09. The number of nitrogens with one attached hydrogen (secondary N) is 1. The fraction of sp³-hybridized carbons (Fsp3) is 0.529. The molecular formula is C17H24ClNO2. The van der Waals surface area contributed by atoms with Gasteiger partial charge in [-0.05, 0) is 44.2 Å². The Morgan fingerprint density at radius 3 is 2.71 bits per heavy atom. The van der Waals surface area contributed by atoms with Crippen LogP contribution in [0.15, 0.2) is 28.7 Å². The van der Waals surface area contributed by atoms with Gasteiger partial charge in [0.2, 0.25) is 0 Å². The first-order valence-electron chi connectivity index (χ1n) is 7.73. The molecule has 0 aliphatic rings. The molecule has 0 radical (unpaired) electrons. The third kappa shape index (κ3) is 4.00. The van der Waals surface area contributed by atoms with Crippen LogP contribution in [0, 0.1) is 0 Å². The van der Waals surface area contributed by atoms with Gasteiger partial charge in [-0.25, -0.2) is 0 Å². The van der Waals surface area contributed by atoms with Gasteiger partial charge in [0, 0.05) is 17.0 Å². The maximum Gasteiger partial charge on any atom is 0.134 e. The fourth-order valence-corrected chi connectivity index (χ4v) is 2.85. The Bertz CT molecular complexity index is 561. The van der Waals surface area contributed by atoms with Crippen molar-refractivity contribution in [1.29, 1.82) is 0 Å². The number of hydrogen-bond donors (Lipinski definition) is 1. The van der Waals surface area contributed by atoms with Gasteiger partial charge in [0.05, 0.1) is 12.1 Å². The van der Waals surface area contributed by atoms with Crippen molar-refractivity contribution in [3.05, 3.63) is 35.0 Å². The Morgan fingerprint density at radius 1 is 1.24 bits per heavy atom. The smallest absolute Gasteiger partial charge is 0.134 e. The van der Waals surface area contributed by atoms with Crippen LogP contribution in [0.4, 0.5) is 0 Å². The number of likely N-dealkylation sites (N-methyl/N-ethyl adjacent to an activating group) is 1. The quantitative estimate of drug-likeness (QED) is 0.750. The average molecular weight is 310 g/mol. The van der Waals surface area contributed by atoms with Gasteiger partial charge in [0.1, 0.15) is 11.3 Å². The lowest BCUT2D eigenvalue weighted by Crippen LogP contribution is -2.33. The van der Waals surface area contributed by atoms with Crippen LogP contribution < -0.4 is 5.32 Å². The van der Waals surface area contributed by atoms with E-state index in [2.05, 4.69) is 25.2 Å². The fourth-order valence-electron chi connectivity index (χ4n) is 2.67. The standard InChI is InChI=1S/C17H24ClNO2/c1-4-7-15(20-6-3)17(19-5-2)16-11-12-10-13(18)8-9-14(12)21-16/h8-11,15,17,19H,4-7H2,1-3H3. The van der Waals surface area contributed by atoms with Crippen LogP contribution >= 0.6 is 11.6 Å². The third-order valence-electron chi connectivity index (χ3n) is 3.55. The number of benzene rings is 1. The summed E-state index contributed by atoms with van der Waals surface area (Å²) >= 11 is 6.05. The molecule has 2 atom stereocenters. The maximum atomic E-state index is 6.05. The summed E-state index contributed by atoms with van der Waals surface area (Å²) in [6.07, 6.45) is 2.21. The van der Waals surface area contributed by atoms with E-state index in [0.29, 0.717) is 6.61 Å². The molecule has 1 N–H and O–H groups in total. The summed E-state index contributed by atoms with van der Waals surface area (Å²) in [6, 6.07) is 7.84. The molecule has 0 spiro atoms. The van der Waals surface area contributed by atoms with Crippen molar-refractivity contribution in [1.82, 2.24) is 5.32 Å². The normalized spacial score (nSPS) is 14.5. The molecule has 0 aliphatic heterocycles. The Labute approximate surface area is 131 Å². The molecule has 3 nitrogen and oxygen atoms in total. The number of hydrogen-bond acceptors (Lipinski definition) is 3. The minimum Gasteiger partial charge on any atom is -0.459 e. The number of fused-ring (bicyclic) bond motifs is 1. The van der Waals surface area contributed by atoms with E-state index in [1.54, 1.807) is 0 Å². The number of ether oxygens (including phenoxy) is 1. The second-order valence-electron chi connectivity index (χ2n) is 5.15. The van der Waals surface area contributed by atoms with E-state index < -0.39 is 0 Å². The van der Waals surface area contributed by atoms with E-state index >= 15 is 0 Å². The first-order valence-corrected chi connectivity index (χ1v) is 8.11. The van der Waals surface area contributed by atoms with Crippen LogP contribution in [0.25, 0.3) is 11.0 Å². The number of furan rings is 1. The monoisotopic (exact) mass is 309 g/mol. The molecule has 0 fully saturated rings. The summed E-state index contributed by atoms with van der Waals surface area (Å²) in [7, 11) is 0. The molecule has 4 heteroatoms. The summed E-state index contributed by atoms with van der Waals surface area (Å²) in [5, 5.41) is 5.25. The minimum absolute atomic E-state index is 0.0704. The van der Waals surface area contributed by atoms with Crippen molar-refractivity contribution in [3.63, 3.8) is 0 Å². The molecule has 0 saturated heterocycles. The zero-order valence-corrected chi connectivity index (χ0v) is 13.7. The highest BCUT2D eigenvalue weighted by Crippen LogP contribution is 2.30. The van der Waals surface area contributed by atoms with Crippen molar-refractivity contribution in [2.24, 2.45) is 0 Å². The lowest BCUT2D eigenvalue weighted by Gasteiger charge is -2.25. The van der Waals surface area contributed by atoms with E-state index in [0.717, 1.165) is 41.1 Å². The molecule has 0 bridgehead atoms. The molecule has 2 aromatic rings. The van der Waals surface area contributed by atoms with Crippen LogP contribution in [0.3, 0.4) is 0 Å². The van der Waals surface area contributed by atoms with Gasteiger partial charge in [-0.1, -0.05) is 31.9 Å². The van der Waals surface area contributed by atoms with Gasteiger partial charge in [-0.15, -0.1) is 0 Å². The largest absolute Gasteiger partial charge is 0.459 e. The Hall–Kier alpha value is -1.03. The molecule has 1 heterocycles. The van der Waals surface area contributed by atoms with Crippen molar-refractivity contribution in [2.45, 2.75) is 45.8 Å². The molecule has 0 aliphatic carbocycles. The summed E-state index contributed by atoms with van der Waals surface area (Å²) in [6.45, 7) is 7.88. The Morgan fingerprint density at radius 2 is 2.05 bits per heavy atom. The molecule has 116 valence electrons. The molecule has 2 rings (SSSR count). The van der Waals surface area contributed by atoms with Crippen LogP contribution in [0.1, 0.15) is 45.4 Å². The lowest BCUT2D eigenvalue weighted by molar-refractivity contribution is 0.0229. The highest BCUT2D eigenvalue weighted by molar-refractivity contribution is 6.31. The van der Waals surface area contributed by atoms with Crippen molar-refractivity contribution < 1.29 is 9.15 Å². The first-order chi connectivity index (χ1) is 10.2. The van der Waals surface area contributed by atoms with Crippen LogP contribution in [0.5, 0.6) is 0 Å². The van der Waals surface area contributed by atoms with Crippen molar-refractivity contribution >= 4 is 22.6 Å². The van der Waals surface area contributed by atoms with E-state index in [-0.39, 0.29) is 12.1 Å². The molecular weight excluding hydrogens is 286 g/mol. The van der Waals surface area contributed by atoms with Gasteiger partial charge >= 0.3 is 0 Å². The summed E-state index contributed by atoms with van der Waals surface area (Å²) in [4.78, 5) is 0.